The molecule has 1 aromatic rings. The Kier molecular flexibility index (Phi) is 2.82. The summed E-state index contributed by atoms with van der Waals surface area (Å²) in [4.78, 5) is 0. The largest absolute Gasteiger partial charge is 0.479 e. The first kappa shape index (κ1) is 8.46. The van der Waals surface area contributed by atoms with Crippen LogP contribution in [0.4, 0.5) is 8.78 Å². The molecule has 0 aliphatic rings. The van der Waals surface area contributed by atoms with Gasteiger partial charge < -0.3 is 4.74 Å². The van der Waals surface area contributed by atoms with Crippen LogP contribution in [0.2, 0.25) is 0 Å². The van der Waals surface area contributed by atoms with E-state index in [2.05, 4.69) is 15.9 Å². The number of hydrogen-bond acceptors (Lipinski definition) is 1. The maximum Gasteiger partial charge on any atom is 0.200 e. The minimum Gasteiger partial charge on any atom is -0.479 e. The molecule has 0 N–H and O–H groups in total. The summed E-state index contributed by atoms with van der Waals surface area (Å²) in [6.45, 7) is 0. The van der Waals surface area contributed by atoms with Gasteiger partial charge in [-0.15, -0.1) is 0 Å². The fourth-order valence-electron chi connectivity index (χ4n) is 0.654. The Morgan fingerprint density at radius 1 is 1.36 bits per heavy atom. The smallest absolute Gasteiger partial charge is 0.200 e. The minimum absolute atomic E-state index is 0.0816. The number of benzene rings is 1. The second kappa shape index (κ2) is 3.67. The van der Waals surface area contributed by atoms with E-state index in [9.17, 15) is 8.78 Å². The zero-order chi connectivity index (χ0) is 8.27. The lowest BCUT2D eigenvalue weighted by Crippen LogP contribution is -1.93. The van der Waals surface area contributed by atoms with Crippen LogP contribution in [-0.4, -0.2) is 5.52 Å². The highest BCUT2D eigenvalue weighted by molar-refractivity contribution is 9.09. The number of halogens is 3. The third kappa shape index (κ3) is 1.89. The van der Waals surface area contributed by atoms with Gasteiger partial charge in [-0.05, 0) is 28.1 Å². The molecule has 0 aliphatic carbocycles. The summed E-state index contributed by atoms with van der Waals surface area (Å²) in [6, 6.07) is 3.78. The van der Waals surface area contributed by atoms with Crippen LogP contribution in [0.25, 0.3) is 0 Å². The van der Waals surface area contributed by atoms with Gasteiger partial charge in [-0.25, -0.2) is 4.39 Å². The van der Waals surface area contributed by atoms with Gasteiger partial charge in [0.15, 0.2) is 11.6 Å². The van der Waals surface area contributed by atoms with Crippen molar-refractivity contribution in [3.63, 3.8) is 0 Å². The summed E-state index contributed by atoms with van der Waals surface area (Å²) in [7, 11) is 0. The van der Waals surface area contributed by atoms with E-state index in [4.69, 9.17) is 4.74 Å². The van der Waals surface area contributed by atoms with E-state index in [0.29, 0.717) is 0 Å². The molecular formula is C7H5BrF2O. The van der Waals surface area contributed by atoms with E-state index in [1.807, 2.05) is 0 Å². The molecule has 0 radical (unpaired) electrons. The van der Waals surface area contributed by atoms with Gasteiger partial charge in [-0.2, -0.15) is 4.39 Å². The van der Waals surface area contributed by atoms with Crippen LogP contribution in [0.1, 0.15) is 0 Å². The van der Waals surface area contributed by atoms with Gasteiger partial charge in [0.05, 0.1) is 0 Å². The standard InChI is InChI=1S/C7H5BrF2O/c8-4-11-6-3-1-2-5(9)7(6)10/h1-3H,4H2. The molecular weight excluding hydrogens is 218 g/mol. The maximum absolute atomic E-state index is 12.7. The molecule has 0 bridgehead atoms. The van der Waals surface area contributed by atoms with Crippen LogP contribution in [0, 0.1) is 11.6 Å². The van der Waals surface area contributed by atoms with Crippen molar-refractivity contribution in [3.8, 4) is 5.75 Å². The van der Waals surface area contributed by atoms with Gasteiger partial charge in [0.2, 0.25) is 5.82 Å². The van der Waals surface area contributed by atoms with E-state index in [1.54, 1.807) is 0 Å². The Hall–Kier alpha value is -0.640. The van der Waals surface area contributed by atoms with E-state index in [0.717, 1.165) is 6.07 Å². The molecule has 0 aromatic heterocycles. The van der Waals surface area contributed by atoms with Crippen molar-refractivity contribution in [2.45, 2.75) is 0 Å². The van der Waals surface area contributed by atoms with Gasteiger partial charge in [0.1, 0.15) is 5.52 Å². The summed E-state index contributed by atoms with van der Waals surface area (Å²) in [6.07, 6.45) is 0. The first-order valence-corrected chi connectivity index (χ1v) is 4.00. The van der Waals surface area contributed by atoms with Crippen molar-refractivity contribution >= 4 is 15.9 Å². The van der Waals surface area contributed by atoms with Gasteiger partial charge in [-0.3, -0.25) is 0 Å². The molecule has 0 amide bonds. The Balaban J connectivity index is 2.96. The third-order valence-corrected chi connectivity index (χ3v) is 1.36. The van der Waals surface area contributed by atoms with Crippen LogP contribution in [0.5, 0.6) is 5.75 Å². The molecule has 0 saturated heterocycles. The lowest BCUT2D eigenvalue weighted by atomic mass is 10.3. The van der Waals surface area contributed by atoms with Crippen LogP contribution < -0.4 is 4.74 Å². The molecule has 0 heterocycles. The Bertz CT molecular complexity index is 252. The average Bonchev–Trinajstić information content (AvgIpc) is 1.99. The first-order chi connectivity index (χ1) is 5.25. The van der Waals surface area contributed by atoms with E-state index in [-0.39, 0.29) is 11.3 Å². The predicted molar refractivity (Wildman–Crippen MR) is 40.8 cm³/mol. The Labute approximate surface area is 71.1 Å². The first-order valence-electron chi connectivity index (χ1n) is 2.88. The topological polar surface area (TPSA) is 9.23 Å². The lowest BCUT2D eigenvalue weighted by Gasteiger charge is -2.02. The molecule has 0 atom stereocenters. The zero-order valence-corrected chi connectivity index (χ0v) is 7.07. The number of alkyl halides is 1. The number of rotatable bonds is 2. The van der Waals surface area contributed by atoms with Gasteiger partial charge >= 0.3 is 0 Å². The molecule has 0 unspecified atom stereocenters. The predicted octanol–water partition coefficient (Wildman–Crippen LogP) is 2.70. The zero-order valence-electron chi connectivity index (χ0n) is 5.48. The molecule has 0 aliphatic heterocycles. The molecule has 1 rings (SSSR count). The van der Waals surface area contributed by atoms with Crippen molar-refractivity contribution in [1.82, 2.24) is 0 Å². The highest BCUT2D eigenvalue weighted by Crippen LogP contribution is 2.19. The van der Waals surface area contributed by atoms with Gasteiger partial charge in [0.25, 0.3) is 0 Å². The molecule has 0 fully saturated rings. The second-order valence-electron chi connectivity index (χ2n) is 1.81. The highest BCUT2D eigenvalue weighted by atomic mass is 79.9. The summed E-state index contributed by atoms with van der Waals surface area (Å²) in [5, 5.41) is 0. The molecule has 1 nitrogen and oxygen atoms in total. The van der Waals surface area contributed by atoms with Crippen molar-refractivity contribution in [2.75, 3.05) is 5.52 Å². The molecule has 0 spiro atoms. The minimum atomic E-state index is -0.952. The fraction of sp³-hybridized carbons (Fsp3) is 0.143. The fourth-order valence-corrected chi connectivity index (χ4v) is 0.901. The summed E-state index contributed by atoms with van der Waals surface area (Å²) in [5.74, 6) is -1.93. The van der Waals surface area contributed by atoms with Gasteiger partial charge in [-0.1, -0.05) is 6.07 Å². The van der Waals surface area contributed by atoms with Gasteiger partial charge in [0, 0.05) is 0 Å². The van der Waals surface area contributed by atoms with Crippen molar-refractivity contribution < 1.29 is 13.5 Å². The molecule has 60 valence electrons. The van der Waals surface area contributed by atoms with Crippen LogP contribution in [0.15, 0.2) is 18.2 Å². The Morgan fingerprint density at radius 2 is 2.09 bits per heavy atom. The molecule has 1 aromatic carbocycles. The molecule has 11 heavy (non-hydrogen) atoms. The van der Waals surface area contributed by atoms with Crippen molar-refractivity contribution in [2.24, 2.45) is 0 Å². The Morgan fingerprint density at radius 3 is 2.73 bits per heavy atom. The summed E-state index contributed by atoms with van der Waals surface area (Å²) >= 11 is 2.93. The normalized spacial score (nSPS) is 9.73. The van der Waals surface area contributed by atoms with Crippen molar-refractivity contribution in [1.29, 1.82) is 0 Å². The number of ether oxygens (including phenoxy) is 1. The molecule has 4 heteroatoms. The number of hydrogen-bond donors (Lipinski definition) is 0. The summed E-state index contributed by atoms with van der Waals surface area (Å²) in [5.41, 5.74) is 0.146. The van der Waals surface area contributed by atoms with Crippen LogP contribution in [-0.2, 0) is 0 Å². The van der Waals surface area contributed by atoms with E-state index < -0.39 is 11.6 Å². The average molecular weight is 223 g/mol. The monoisotopic (exact) mass is 222 g/mol. The van der Waals surface area contributed by atoms with Crippen LogP contribution in [0.3, 0.4) is 0 Å². The maximum atomic E-state index is 12.7. The van der Waals surface area contributed by atoms with E-state index in [1.165, 1.54) is 12.1 Å². The molecule has 0 saturated carbocycles. The third-order valence-electron chi connectivity index (χ3n) is 1.13. The SMILES string of the molecule is Fc1cccc(OCBr)c1F. The summed E-state index contributed by atoms with van der Waals surface area (Å²) < 4.78 is 29.8. The highest BCUT2D eigenvalue weighted by Gasteiger charge is 2.06. The van der Waals surface area contributed by atoms with E-state index >= 15 is 0 Å². The van der Waals surface area contributed by atoms with Crippen molar-refractivity contribution in [3.05, 3.63) is 29.8 Å². The second-order valence-corrected chi connectivity index (χ2v) is 2.26. The lowest BCUT2D eigenvalue weighted by molar-refractivity contribution is 0.359. The van der Waals surface area contributed by atoms with Crippen LogP contribution >= 0.6 is 15.9 Å². The quantitative estimate of drug-likeness (QED) is 0.700.